The summed E-state index contributed by atoms with van der Waals surface area (Å²) in [6.07, 6.45) is 5.71. The molecule has 1 N–H and O–H groups in total. The number of aryl methyl sites for hydroxylation is 1. The van der Waals surface area contributed by atoms with Crippen molar-refractivity contribution in [3.8, 4) is 0 Å². The fourth-order valence-corrected chi connectivity index (χ4v) is 3.86. The van der Waals surface area contributed by atoms with Gasteiger partial charge in [-0.05, 0) is 30.5 Å². The third-order valence-electron chi connectivity index (χ3n) is 5.53. The predicted molar refractivity (Wildman–Crippen MR) is 105 cm³/mol. The van der Waals surface area contributed by atoms with E-state index in [1.807, 2.05) is 0 Å². The molecule has 2 aliphatic rings. The smallest absolute Gasteiger partial charge is 0.251 e. The molecule has 8 heteroatoms. The molecular formula is C21H25N5O3. The summed E-state index contributed by atoms with van der Waals surface area (Å²) >= 11 is 0. The molecule has 0 aliphatic carbocycles. The molecule has 0 bridgehead atoms. The SMILES string of the molecule is O=C(NCCc1nnc2n1CCCCC2)c1ccc(CN2C(=O)CCC2=O)cc1. The van der Waals surface area contributed by atoms with E-state index in [-0.39, 0.29) is 37.1 Å². The Bertz CT molecular complexity index is 903. The van der Waals surface area contributed by atoms with Gasteiger partial charge in [-0.15, -0.1) is 10.2 Å². The van der Waals surface area contributed by atoms with Gasteiger partial charge in [-0.3, -0.25) is 19.3 Å². The summed E-state index contributed by atoms with van der Waals surface area (Å²) in [5.74, 6) is 1.55. The molecule has 0 atom stereocenters. The van der Waals surface area contributed by atoms with Crippen LogP contribution in [0.15, 0.2) is 24.3 Å². The van der Waals surface area contributed by atoms with Crippen molar-refractivity contribution in [3.05, 3.63) is 47.0 Å². The first-order valence-corrected chi connectivity index (χ1v) is 10.2. The van der Waals surface area contributed by atoms with Crippen LogP contribution in [-0.4, -0.2) is 43.9 Å². The molecule has 1 aromatic carbocycles. The molecule has 1 fully saturated rings. The standard InChI is InChI=1S/C21H25N5O3/c27-19-9-10-20(28)26(19)14-15-5-7-16(8-6-15)21(29)22-12-11-18-24-23-17-4-2-1-3-13-25(17)18/h5-8H,1-4,9-14H2,(H,22,29). The normalized spacial score (nSPS) is 16.6. The van der Waals surface area contributed by atoms with Gasteiger partial charge in [-0.1, -0.05) is 18.6 Å². The Kier molecular flexibility index (Phi) is 5.69. The number of nitrogens with one attached hydrogen (secondary N) is 1. The van der Waals surface area contributed by atoms with E-state index in [0.717, 1.165) is 43.0 Å². The number of aromatic nitrogens is 3. The number of hydrogen-bond acceptors (Lipinski definition) is 5. The zero-order valence-electron chi connectivity index (χ0n) is 16.4. The minimum absolute atomic E-state index is 0.136. The Labute approximate surface area is 169 Å². The molecule has 1 aromatic heterocycles. The van der Waals surface area contributed by atoms with E-state index in [1.54, 1.807) is 24.3 Å². The summed E-state index contributed by atoms with van der Waals surface area (Å²) in [7, 11) is 0. The Hall–Kier alpha value is -3.03. The second kappa shape index (κ2) is 8.55. The van der Waals surface area contributed by atoms with Gasteiger partial charge in [0.05, 0.1) is 6.54 Å². The first kappa shape index (κ1) is 19.3. The van der Waals surface area contributed by atoms with Crippen LogP contribution in [0, 0.1) is 0 Å². The summed E-state index contributed by atoms with van der Waals surface area (Å²) in [5.41, 5.74) is 1.38. The minimum Gasteiger partial charge on any atom is -0.352 e. The van der Waals surface area contributed by atoms with Gasteiger partial charge in [0.15, 0.2) is 0 Å². The zero-order valence-corrected chi connectivity index (χ0v) is 16.4. The molecule has 8 nitrogen and oxygen atoms in total. The number of hydrogen-bond donors (Lipinski definition) is 1. The van der Waals surface area contributed by atoms with Gasteiger partial charge >= 0.3 is 0 Å². The molecule has 2 aromatic rings. The maximum absolute atomic E-state index is 12.4. The van der Waals surface area contributed by atoms with E-state index < -0.39 is 0 Å². The van der Waals surface area contributed by atoms with Gasteiger partial charge < -0.3 is 9.88 Å². The van der Waals surface area contributed by atoms with E-state index >= 15 is 0 Å². The summed E-state index contributed by atoms with van der Waals surface area (Å²) in [5, 5.41) is 11.5. The Morgan fingerprint density at radius 3 is 2.48 bits per heavy atom. The van der Waals surface area contributed by atoms with Gasteiger partial charge in [-0.25, -0.2) is 0 Å². The van der Waals surface area contributed by atoms with E-state index in [0.29, 0.717) is 18.5 Å². The second-order valence-electron chi connectivity index (χ2n) is 7.57. The predicted octanol–water partition coefficient (Wildman–Crippen LogP) is 1.63. The van der Waals surface area contributed by atoms with E-state index in [1.165, 1.54) is 11.3 Å². The quantitative estimate of drug-likeness (QED) is 0.750. The van der Waals surface area contributed by atoms with Crippen molar-refractivity contribution >= 4 is 17.7 Å². The monoisotopic (exact) mass is 395 g/mol. The van der Waals surface area contributed by atoms with Gasteiger partial charge in [0, 0.05) is 44.3 Å². The largest absolute Gasteiger partial charge is 0.352 e. The Balaban J connectivity index is 1.29. The Morgan fingerprint density at radius 2 is 1.72 bits per heavy atom. The molecule has 0 unspecified atom stereocenters. The van der Waals surface area contributed by atoms with Gasteiger partial charge in [-0.2, -0.15) is 0 Å². The van der Waals surface area contributed by atoms with Crippen LogP contribution in [0.2, 0.25) is 0 Å². The average Bonchev–Trinajstić information content (AvgIpc) is 3.15. The third-order valence-corrected chi connectivity index (χ3v) is 5.53. The fraction of sp³-hybridized carbons (Fsp3) is 0.476. The number of imide groups is 1. The number of amides is 3. The number of nitrogens with zero attached hydrogens (tertiary/aromatic N) is 4. The number of carbonyl (C=O) groups is 3. The lowest BCUT2D eigenvalue weighted by Crippen LogP contribution is -2.28. The highest BCUT2D eigenvalue weighted by atomic mass is 16.2. The van der Waals surface area contributed by atoms with Crippen LogP contribution in [0.25, 0.3) is 0 Å². The van der Waals surface area contributed by atoms with Crippen LogP contribution in [0.4, 0.5) is 0 Å². The van der Waals surface area contributed by atoms with Crippen LogP contribution in [0.3, 0.4) is 0 Å². The van der Waals surface area contributed by atoms with Crippen LogP contribution in [0.1, 0.15) is 59.7 Å². The lowest BCUT2D eigenvalue weighted by atomic mass is 10.1. The summed E-state index contributed by atoms with van der Waals surface area (Å²) < 4.78 is 2.19. The molecule has 29 heavy (non-hydrogen) atoms. The van der Waals surface area contributed by atoms with Crippen molar-refractivity contribution in [1.29, 1.82) is 0 Å². The summed E-state index contributed by atoms with van der Waals surface area (Å²) in [4.78, 5) is 37.1. The number of fused-ring (bicyclic) bond motifs is 1. The lowest BCUT2D eigenvalue weighted by molar-refractivity contribution is -0.139. The molecule has 3 heterocycles. The molecule has 3 amide bonds. The first-order valence-electron chi connectivity index (χ1n) is 10.2. The zero-order chi connectivity index (χ0) is 20.2. The van der Waals surface area contributed by atoms with Crippen molar-refractivity contribution in [2.24, 2.45) is 0 Å². The number of benzene rings is 1. The maximum Gasteiger partial charge on any atom is 0.251 e. The van der Waals surface area contributed by atoms with Gasteiger partial charge in [0.25, 0.3) is 5.91 Å². The van der Waals surface area contributed by atoms with Crippen LogP contribution in [-0.2, 0) is 35.5 Å². The van der Waals surface area contributed by atoms with Crippen molar-refractivity contribution < 1.29 is 14.4 Å². The summed E-state index contributed by atoms with van der Waals surface area (Å²) in [6, 6.07) is 7.01. The first-order chi connectivity index (χ1) is 14.1. The van der Waals surface area contributed by atoms with E-state index in [9.17, 15) is 14.4 Å². The molecule has 4 rings (SSSR count). The van der Waals surface area contributed by atoms with Crippen molar-refractivity contribution in [2.75, 3.05) is 6.54 Å². The average molecular weight is 395 g/mol. The van der Waals surface area contributed by atoms with Gasteiger partial charge in [0.1, 0.15) is 11.6 Å². The van der Waals surface area contributed by atoms with E-state index in [4.69, 9.17) is 0 Å². The molecule has 0 radical (unpaired) electrons. The van der Waals surface area contributed by atoms with Crippen molar-refractivity contribution in [1.82, 2.24) is 25.0 Å². The second-order valence-corrected chi connectivity index (χ2v) is 7.57. The lowest BCUT2D eigenvalue weighted by Gasteiger charge is -2.14. The number of likely N-dealkylation sites (tertiary alicyclic amines) is 1. The molecular weight excluding hydrogens is 370 g/mol. The number of carbonyl (C=O) groups excluding carboxylic acids is 3. The van der Waals surface area contributed by atoms with Crippen LogP contribution in [0.5, 0.6) is 0 Å². The Morgan fingerprint density at radius 1 is 0.966 bits per heavy atom. The highest BCUT2D eigenvalue weighted by Gasteiger charge is 2.28. The van der Waals surface area contributed by atoms with Gasteiger partial charge in [0.2, 0.25) is 11.8 Å². The van der Waals surface area contributed by atoms with Crippen molar-refractivity contribution in [3.63, 3.8) is 0 Å². The maximum atomic E-state index is 12.4. The fourth-order valence-electron chi connectivity index (χ4n) is 3.86. The molecule has 0 saturated carbocycles. The third kappa shape index (κ3) is 4.36. The molecule has 2 aliphatic heterocycles. The summed E-state index contributed by atoms with van der Waals surface area (Å²) in [6.45, 7) is 1.71. The minimum atomic E-state index is -0.152. The van der Waals surface area contributed by atoms with Crippen molar-refractivity contribution in [2.45, 2.75) is 58.0 Å². The highest BCUT2D eigenvalue weighted by Crippen LogP contribution is 2.17. The van der Waals surface area contributed by atoms with Crippen LogP contribution >= 0.6 is 0 Å². The van der Waals surface area contributed by atoms with Crippen LogP contribution < -0.4 is 5.32 Å². The topological polar surface area (TPSA) is 97.2 Å². The molecule has 152 valence electrons. The molecule has 0 spiro atoms. The number of rotatable bonds is 6. The van der Waals surface area contributed by atoms with E-state index in [2.05, 4.69) is 20.1 Å². The highest BCUT2D eigenvalue weighted by molar-refractivity contribution is 6.01. The molecule has 1 saturated heterocycles.